The maximum atomic E-state index is 3.82. The van der Waals surface area contributed by atoms with Gasteiger partial charge < -0.3 is 0 Å². The lowest BCUT2D eigenvalue weighted by Gasteiger charge is -1.89. The van der Waals surface area contributed by atoms with Gasteiger partial charge in [-0.15, -0.1) is 6.58 Å². The topological polar surface area (TPSA) is 0 Å². The molecule has 0 radical (unpaired) electrons. The molecule has 9 heavy (non-hydrogen) atoms. The van der Waals surface area contributed by atoms with E-state index < -0.39 is 0 Å². The Morgan fingerprint density at radius 1 is 1.56 bits per heavy atom. The summed E-state index contributed by atoms with van der Waals surface area (Å²) in [5, 5.41) is 0. The van der Waals surface area contributed by atoms with E-state index in [1.807, 2.05) is 12.2 Å². The van der Waals surface area contributed by atoms with E-state index in [0.717, 1.165) is 18.4 Å². The molecule has 50 valence electrons. The van der Waals surface area contributed by atoms with Gasteiger partial charge in [-0.25, -0.2) is 0 Å². The molecular formula is C9H14. The number of rotatable bonds is 4. The first-order valence-corrected chi connectivity index (χ1v) is 3.26. The Hall–Kier alpha value is -0.780. The predicted octanol–water partition coefficient (Wildman–Crippen LogP) is 3.08. The molecule has 0 aromatic carbocycles. The lowest BCUT2D eigenvalue weighted by atomic mass is 10.2. The molecule has 0 unspecified atom stereocenters. The highest BCUT2D eigenvalue weighted by molar-refractivity contribution is 5.16. The highest BCUT2D eigenvalue weighted by atomic mass is 13.9. The standard InChI is InChI=1S/C9H14/c1-4-6-8-9(3)7-5-2/h5-6,8H,2-4,7H2,1H3/b8-6-. The third kappa shape index (κ3) is 5.09. The Bertz CT molecular complexity index is 118. The maximum absolute atomic E-state index is 3.82. The van der Waals surface area contributed by atoms with Gasteiger partial charge >= 0.3 is 0 Å². The zero-order valence-corrected chi connectivity index (χ0v) is 6.06. The monoisotopic (exact) mass is 122 g/mol. The molecule has 0 heterocycles. The average molecular weight is 122 g/mol. The number of hydrogen-bond acceptors (Lipinski definition) is 0. The fourth-order valence-corrected chi connectivity index (χ4v) is 0.538. The zero-order valence-electron chi connectivity index (χ0n) is 6.06. The summed E-state index contributed by atoms with van der Waals surface area (Å²) in [7, 11) is 0. The van der Waals surface area contributed by atoms with Gasteiger partial charge in [-0.05, 0) is 12.8 Å². The lowest BCUT2D eigenvalue weighted by molar-refractivity contribution is 1.20. The second kappa shape index (κ2) is 5.36. The normalized spacial score (nSPS) is 9.89. The fourth-order valence-electron chi connectivity index (χ4n) is 0.538. The highest BCUT2D eigenvalue weighted by Crippen LogP contribution is 1.99. The van der Waals surface area contributed by atoms with Gasteiger partial charge in [-0.3, -0.25) is 0 Å². The summed E-state index contributed by atoms with van der Waals surface area (Å²) >= 11 is 0. The first-order valence-electron chi connectivity index (χ1n) is 3.26. The van der Waals surface area contributed by atoms with Crippen LogP contribution in [0.15, 0.2) is 37.0 Å². The van der Waals surface area contributed by atoms with Crippen LogP contribution in [0.25, 0.3) is 0 Å². The van der Waals surface area contributed by atoms with E-state index in [4.69, 9.17) is 0 Å². The smallest absolute Gasteiger partial charge is 0.0106 e. The van der Waals surface area contributed by atoms with Crippen molar-refractivity contribution in [3.8, 4) is 0 Å². The summed E-state index contributed by atoms with van der Waals surface area (Å²) < 4.78 is 0. The van der Waals surface area contributed by atoms with Crippen molar-refractivity contribution < 1.29 is 0 Å². The van der Waals surface area contributed by atoms with Crippen molar-refractivity contribution >= 4 is 0 Å². The highest BCUT2D eigenvalue weighted by Gasteiger charge is 1.79. The molecule has 0 bridgehead atoms. The van der Waals surface area contributed by atoms with Crippen molar-refractivity contribution in [2.24, 2.45) is 0 Å². The molecule has 0 rings (SSSR count). The van der Waals surface area contributed by atoms with Crippen LogP contribution in [0, 0.1) is 0 Å². The molecule has 0 aliphatic rings. The Kier molecular flexibility index (Phi) is 4.89. The minimum absolute atomic E-state index is 0.899. The molecular weight excluding hydrogens is 108 g/mol. The summed E-state index contributed by atoms with van der Waals surface area (Å²) in [4.78, 5) is 0. The summed E-state index contributed by atoms with van der Waals surface area (Å²) in [6, 6.07) is 0. The summed E-state index contributed by atoms with van der Waals surface area (Å²) in [6.07, 6.45) is 7.99. The van der Waals surface area contributed by atoms with Crippen LogP contribution < -0.4 is 0 Å². The molecule has 0 saturated heterocycles. The predicted molar refractivity (Wildman–Crippen MR) is 43.4 cm³/mol. The molecule has 0 nitrogen and oxygen atoms in total. The van der Waals surface area contributed by atoms with Gasteiger partial charge in [0, 0.05) is 0 Å². The number of allylic oxidation sites excluding steroid dienone is 4. The summed E-state index contributed by atoms with van der Waals surface area (Å²) in [5.74, 6) is 0. The first kappa shape index (κ1) is 8.22. The minimum Gasteiger partial charge on any atom is -0.103 e. The number of hydrogen-bond donors (Lipinski definition) is 0. The first-order chi connectivity index (χ1) is 4.31. The maximum Gasteiger partial charge on any atom is -0.0106 e. The van der Waals surface area contributed by atoms with Gasteiger partial charge in [0.05, 0.1) is 0 Å². The van der Waals surface area contributed by atoms with E-state index in [1.165, 1.54) is 0 Å². The van der Waals surface area contributed by atoms with Crippen molar-refractivity contribution in [3.63, 3.8) is 0 Å². The van der Waals surface area contributed by atoms with Crippen molar-refractivity contribution in [1.29, 1.82) is 0 Å². The molecule has 0 aliphatic heterocycles. The average Bonchev–Trinajstić information content (AvgIpc) is 1.85. The largest absolute Gasteiger partial charge is 0.103 e. The third-order valence-electron chi connectivity index (χ3n) is 0.996. The van der Waals surface area contributed by atoms with Crippen LogP contribution in [0.2, 0.25) is 0 Å². The minimum atomic E-state index is 0.899. The SMILES string of the molecule is C=CCC(=C)/C=C\CC. The Morgan fingerprint density at radius 3 is 2.67 bits per heavy atom. The Morgan fingerprint density at radius 2 is 2.22 bits per heavy atom. The van der Waals surface area contributed by atoms with Gasteiger partial charge in [0.1, 0.15) is 0 Å². The van der Waals surface area contributed by atoms with Crippen molar-refractivity contribution in [1.82, 2.24) is 0 Å². The van der Waals surface area contributed by atoms with E-state index in [1.54, 1.807) is 0 Å². The van der Waals surface area contributed by atoms with Crippen LogP contribution in [-0.4, -0.2) is 0 Å². The van der Waals surface area contributed by atoms with E-state index in [-0.39, 0.29) is 0 Å². The molecule has 0 atom stereocenters. The molecule has 0 heteroatoms. The molecule has 0 amide bonds. The van der Waals surface area contributed by atoms with Crippen LogP contribution in [-0.2, 0) is 0 Å². The molecule has 0 aliphatic carbocycles. The summed E-state index contributed by atoms with van der Waals surface area (Å²) in [5.41, 5.74) is 1.13. The molecule has 0 saturated carbocycles. The molecule has 0 aromatic rings. The van der Waals surface area contributed by atoms with E-state index >= 15 is 0 Å². The van der Waals surface area contributed by atoms with Crippen molar-refractivity contribution in [3.05, 3.63) is 37.0 Å². The Balaban J connectivity index is 3.49. The molecule has 0 N–H and O–H groups in total. The zero-order chi connectivity index (χ0) is 7.11. The fraction of sp³-hybridized carbons (Fsp3) is 0.333. The van der Waals surface area contributed by atoms with Crippen LogP contribution in [0.5, 0.6) is 0 Å². The van der Waals surface area contributed by atoms with Crippen molar-refractivity contribution in [2.75, 3.05) is 0 Å². The van der Waals surface area contributed by atoms with Crippen LogP contribution in [0.3, 0.4) is 0 Å². The van der Waals surface area contributed by atoms with Gasteiger partial charge in [0.25, 0.3) is 0 Å². The van der Waals surface area contributed by atoms with Crippen LogP contribution in [0.1, 0.15) is 19.8 Å². The molecule has 0 aromatic heterocycles. The van der Waals surface area contributed by atoms with Crippen LogP contribution >= 0.6 is 0 Å². The van der Waals surface area contributed by atoms with E-state index in [2.05, 4.69) is 26.2 Å². The van der Waals surface area contributed by atoms with Gasteiger partial charge in [0.15, 0.2) is 0 Å². The van der Waals surface area contributed by atoms with Crippen molar-refractivity contribution in [2.45, 2.75) is 19.8 Å². The second-order valence-corrected chi connectivity index (χ2v) is 1.96. The lowest BCUT2D eigenvalue weighted by Crippen LogP contribution is -1.68. The van der Waals surface area contributed by atoms with Gasteiger partial charge in [-0.2, -0.15) is 0 Å². The summed E-state index contributed by atoms with van der Waals surface area (Å²) in [6.45, 7) is 9.55. The Labute approximate surface area is 57.6 Å². The van der Waals surface area contributed by atoms with Gasteiger partial charge in [-0.1, -0.05) is 37.3 Å². The van der Waals surface area contributed by atoms with E-state index in [0.29, 0.717) is 0 Å². The van der Waals surface area contributed by atoms with Gasteiger partial charge in [0.2, 0.25) is 0 Å². The molecule has 0 spiro atoms. The quantitative estimate of drug-likeness (QED) is 0.397. The van der Waals surface area contributed by atoms with E-state index in [9.17, 15) is 0 Å². The third-order valence-corrected chi connectivity index (χ3v) is 0.996. The van der Waals surface area contributed by atoms with Crippen LogP contribution in [0.4, 0.5) is 0 Å². The second-order valence-electron chi connectivity index (χ2n) is 1.96. The molecule has 0 fully saturated rings.